The Morgan fingerprint density at radius 2 is 1.86 bits per heavy atom. The van der Waals surface area contributed by atoms with E-state index >= 15 is 0 Å². The van der Waals surface area contributed by atoms with E-state index in [1.807, 2.05) is 0 Å². The monoisotopic (exact) mass is 449 g/mol. The molecule has 0 atom stereocenters. The molecule has 21 heavy (non-hydrogen) atoms. The fraction of sp³-hybridized carbons (Fsp3) is 0.500. The lowest BCUT2D eigenvalue weighted by atomic mass is 10.1. The van der Waals surface area contributed by atoms with E-state index in [9.17, 15) is 13.3 Å². The van der Waals surface area contributed by atoms with Gasteiger partial charge in [-0.05, 0) is 37.6 Å². The smallest absolute Gasteiger partial charge is 0.320 e. The molecule has 120 valence electrons. The Morgan fingerprint density at radius 1 is 1.29 bits per heavy atom. The fourth-order valence-corrected chi connectivity index (χ4v) is 3.59. The lowest BCUT2D eigenvalue weighted by Crippen LogP contribution is -2.19. The molecule has 0 radical (unpaired) electrons. The molecule has 1 saturated heterocycles. The van der Waals surface area contributed by atoms with Crippen LogP contribution < -0.4 is 0 Å². The molecule has 0 bridgehead atoms. The highest BCUT2D eigenvalue weighted by Crippen LogP contribution is 2.60. The van der Waals surface area contributed by atoms with E-state index in [1.165, 1.54) is 12.1 Å². The molecular weight excluding hydrogens is 435 g/mol. The van der Waals surface area contributed by atoms with E-state index in [2.05, 4.69) is 20.8 Å². The maximum Gasteiger partial charge on any atom is 0.399 e. The number of alkyl halides is 2. The van der Waals surface area contributed by atoms with Crippen LogP contribution in [0.3, 0.4) is 0 Å². The quantitative estimate of drug-likeness (QED) is 0.684. The Morgan fingerprint density at radius 3 is 2.33 bits per heavy atom. The fourth-order valence-electron chi connectivity index (χ4n) is 2.26. The van der Waals surface area contributed by atoms with Crippen LogP contribution in [-0.2, 0) is 16.8 Å². The van der Waals surface area contributed by atoms with Crippen molar-refractivity contribution in [2.24, 2.45) is 0 Å². The van der Waals surface area contributed by atoms with Crippen molar-refractivity contribution in [3.63, 3.8) is 0 Å². The Hall–Kier alpha value is 0.150. The first kappa shape index (κ1) is 19.2. The second kappa shape index (κ2) is 7.15. The average molecular weight is 451 g/mol. The van der Waals surface area contributed by atoms with Crippen molar-refractivity contribution in [1.29, 1.82) is 0 Å². The normalized spacial score (nSPS) is 16.8. The second-order valence-corrected chi connectivity index (χ2v) is 7.39. The number of hydrogen-bond donors (Lipinski definition) is 2. The highest BCUT2D eigenvalue weighted by Gasteiger charge is 2.51. The van der Waals surface area contributed by atoms with Crippen molar-refractivity contribution in [1.82, 2.24) is 4.90 Å². The average Bonchev–Trinajstić information content (AvgIpc) is 2.80. The van der Waals surface area contributed by atoms with Crippen molar-refractivity contribution in [2.75, 3.05) is 13.1 Å². The molecule has 1 aliphatic rings. The number of hydrogen-bond acceptors (Lipinski definition) is 2. The summed E-state index contributed by atoms with van der Waals surface area (Å²) in [5, 5.41) is 0. The molecule has 0 saturated carbocycles. The van der Waals surface area contributed by atoms with Crippen LogP contribution >= 0.6 is 40.5 Å². The first-order valence-corrected chi connectivity index (χ1v) is 8.57. The minimum Gasteiger partial charge on any atom is -0.320 e. The predicted molar refractivity (Wildman–Crippen MR) is 84.9 cm³/mol. The molecule has 2 N–H and O–H groups in total. The molecule has 1 aromatic rings. The minimum absolute atomic E-state index is 0. The Labute approximate surface area is 140 Å². The molecule has 0 aliphatic carbocycles. The van der Waals surface area contributed by atoms with Gasteiger partial charge in [0.15, 0.2) is 0 Å². The third kappa shape index (κ3) is 4.33. The standard InChI is InChI=1S/C12H15BrF2NO3P.BrH/c13-11-7-9(8-16-5-1-2-6-16)3-4-10(11)12(14,15)20(17,18)19;/h3-4,7H,1-2,5-6,8H2,(H2,17,18,19);1H. The summed E-state index contributed by atoms with van der Waals surface area (Å²) < 4.78 is 38.2. The maximum absolute atomic E-state index is 13.7. The van der Waals surface area contributed by atoms with Gasteiger partial charge in [0.1, 0.15) is 0 Å². The summed E-state index contributed by atoms with van der Waals surface area (Å²) in [4.78, 5) is 19.7. The van der Waals surface area contributed by atoms with Crippen LogP contribution in [0.4, 0.5) is 8.78 Å². The lowest BCUT2D eigenvalue weighted by Gasteiger charge is -2.20. The number of likely N-dealkylation sites (tertiary alicyclic amines) is 1. The topological polar surface area (TPSA) is 60.8 Å². The molecule has 1 heterocycles. The van der Waals surface area contributed by atoms with E-state index < -0.39 is 18.8 Å². The summed E-state index contributed by atoms with van der Waals surface area (Å²) in [6, 6.07) is 4.06. The molecule has 0 unspecified atom stereocenters. The van der Waals surface area contributed by atoms with Crippen molar-refractivity contribution in [3.8, 4) is 0 Å². The number of benzene rings is 1. The van der Waals surface area contributed by atoms with Crippen LogP contribution in [0.15, 0.2) is 22.7 Å². The summed E-state index contributed by atoms with van der Waals surface area (Å²) >= 11 is 2.98. The Kier molecular flexibility index (Phi) is 6.54. The van der Waals surface area contributed by atoms with Gasteiger partial charge in [-0.15, -0.1) is 17.0 Å². The number of nitrogens with zero attached hydrogens (tertiary/aromatic N) is 1. The van der Waals surface area contributed by atoms with Gasteiger partial charge < -0.3 is 9.79 Å². The molecule has 4 nitrogen and oxygen atoms in total. The summed E-state index contributed by atoms with van der Waals surface area (Å²) in [5.74, 6) is 0. The highest BCUT2D eigenvalue weighted by molar-refractivity contribution is 9.10. The zero-order valence-corrected chi connectivity index (χ0v) is 15.2. The number of halogens is 4. The summed E-state index contributed by atoms with van der Waals surface area (Å²) in [7, 11) is -5.54. The summed E-state index contributed by atoms with van der Waals surface area (Å²) in [6.45, 7) is 2.62. The van der Waals surface area contributed by atoms with Crippen LogP contribution in [0.2, 0.25) is 0 Å². The molecule has 1 fully saturated rings. The minimum atomic E-state index is -5.54. The van der Waals surface area contributed by atoms with Crippen molar-refractivity contribution >= 4 is 40.5 Å². The van der Waals surface area contributed by atoms with E-state index in [0.29, 0.717) is 6.54 Å². The van der Waals surface area contributed by atoms with Crippen molar-refractivity contribution in [2.45, 2.75) is 25.1 Å². The summed E-state index contributed by atoms with van der Waals surface area (Å²) in [5.41, 5.74) is -4.03. The van der Waals surface area contributed by atoms with Crippen LogP contribution in [0, 0.1) is 0 Å². The van der Waals surface area contributed by atoms with Gasteiger partial charge in [0, 0.05) is 16.6 Å². The third-order valence-electron chi connectivity index (χ3n) is 3.33. The first-order valence-electron chi connectivity index (χ1n) is 6.16. The van der Waals surface area contributed by atoms with Gasteiger partial charge in [0.05, 0.1) is 0 Å². The first-order chi connectivity index (χ1) is 9.22. The lowest BCUT2D eigenvalue weighted by molar-refractivity contribution is 0.0557. The van der Waals surface area contributed by atoms with Crippen LogP contribution in [0.5, 0.6) is 0 Å². The summed E-state index contributed by atoms with van der Waals surface area (Å²) in [6.07, 6.45) is 2.27. The molecule has 9 heteroatoms. The van der Waals surface area contributed by atoms with Gasteiger partial charge in [-0.1, -0.05) is 28.1 Å². The van der Waals surface area contributed by atoms with Crippen molar-refractivity contribution in [3.05, 3.63) is 33.8 Å². The van der Waals surface area contributed by atoms with E-state index in [-0.39, 0.29) is 21.5 Å². The van der Waals surface area contributed by atoms with Crippen LogP contribution in [-0.4, -0.2) is 27.8 Å². The molecule has 0 spiro atoms. The zero-order valence-electron chi connectivity index (χ0n) is 11.0. The van der Waals surface area contributed by atoms with Gasteiger partial charge in [-0.25, -0.2) is 0 Å². The third-order valence-corrected chi connectivity index (χ3v) is 4.96. The van der Waals surface area contributed by atoms with E-state index in [1.54, 1.807) is 0 Å². The molecule has 2 rings (SSSR count). The molecular formula is C12H16Br2F2NO3P. The Balaban J connectivity index is 0.00000220. The van der Waals surface area contributed by atoms with Gasteiger partial charge in [0.25, 0.3) is 0 Å². The van der Waals surface area contributed by atoms with Gasteiger partial charge in [0.2, 0.25) is 0 Å². The molecule has 0 aromatic heterocycles. The number of rotatable bonds is 4. The van der Waals surface area contributed by atoms with Crippen LogP contribution in [0.1, 0.15) is 24.0 Å². The zero-order chi connectivity index (χ0) is 15.0. The van der Waals surface area contributed by atoms with Gasteiger partial charge in [-0.2, -0.15) is 8.78 Å². The maximum atomic E-state index is 13.7. The highest BCUT2D eigenvalue weighted by atomic mass is 79.9. The van der Waals surface area contributed by atoms with Crippen molar-refractivity contribution < 1.29 is 23.1 Å². The second-order valence-electron chi connectivity index (χ2n) is 4.88. The van der Waals surface area contributed by atoms with Crippen LogP contribution in [0.25, 0.3) is 0 Å². The molecule has 1 aliphatic heterocycles. The largest absolute Gasteiger partial charge is 0.399 e. The molecule has 0 amide bonds. The van der Waals surface area contributed by atoms with Gasteiger partial charge in [-0.3, -0.25) is 9.46 Å². The Bertz CT molecular complexity index is 547. The van der Waals surface area contributed by atoms with Gasteiger partial charge >= 0.3 is 13.3 Å². The predicted octanol–water partition coefficient (Wildman–Crippen LogP) is 3.85. The molecule has 1 aromatic carbocycles. The van der Waals surface area contributed by atoms with E-state index in [4.69, 9.17) is 9.79 Å². The SMILES string of the molecule is Br.O=P(O)(O)C(F)(F)c1ccc(CN2CCCC2)cc1Br. The van der Waals surface area contributed by atoms with E-state index in [0.717, 1.165) is 37.6 Å².